The smallest absolute Gasteiger partial charge is 0.318 e. The van der Waals surface area contributed by atoms with E-state index in [9.17, 15) is 4.79 Å². The van der Waals surface area contributed by atoms with Crippen molar-refractivity contribution in [3.63, 3.8) is 0 Å². The lowest BCUT2D eigenvalue weighted by Crippen LogP contribution is -2.50. The average Bonchev–Trinajstić information content (AvgIpc) is 3.22. The highest BCUT2D eigenvalue weighted by Crippen LogP contribution is 2.37. The number of benzene rings is 1. The van der Waals surface area contributed by atoms with Crippen LogP contribution < -0.4 is 14.8 Å². The summed E-state index contributed by atoms with van der Waals surface area (Å²) in [4.78, 5) is 15.2. The summed E-state index contributed by atoms with van der Waals surface area (Å²) in [6, 6.07) is 10.2. The van der Waals surface area contributed by atoms with Crippen LogP contribution in [0, 0.1) is 0 Å². The van der Waals surface area contributed by atoms with Crippen molar-refractivity contribution < 1.29 is 14.3 Å². The zero-order chi connectivity index (χ0) is 19.5. The molecule has 1 aliphatic heterocycles. The van der Waals surface area contributed by atoms with E-state index in [1.165, 1.54) is 19.3 Å². The van der Waals surface area contributed by atoms with Crippen LogP contribution >= 0.6 is 0 Å². The van der Waals surface area contributed by atoms with Gasteiger partial charge in [0.05, 0.1) is 20.3 Å². The molecule has 1 aromatic heterocycles. The third kappa shape index (κ3) is 3.55. The number of aromatic nitrogens is 1. The van der Waals surface area contributed by atoms with E-state index < -0.39 is 0 Å². The maximum Gasteiger partial charge on any atom is 0.318 e. The molecule has 1 aliphatic carbocycles. The van der Waals surface area contributed by atoms with Gasteiger partial charge < -0.3 is 24.3 Å². The van der Waals surface area contributed by atoms with Crippen LogP contribution in [0.1, 0.15) is 49.4 Å². The Morgan fingerprint density at radius 2 is 1.82 bits per heavy atom. The number of ether oxygens (including phenoxy) is 2. The van der Waals surface area contributed by atoms with Crippen LogP contribution in [-0.2, 0) is 6.54 Å². The molecular weight excluding hydrogens is 354 g/mol. The molecule has 6 nitrogen and oxygen atoms in total. The number of fused-ring (bicyclic) bond motifs is 1. The summed E-state index contributed by atoms with van der Waals surface area (Å²) in [6.45, 7) is 1.49. The lowest BCUT2D eigenvalue weighted by molar-refractivity contribution is 0.162. The van der Waals surface area contributed by atoms with Gasteiger partial charge in [0, 0.05) is 31.0 Å². The number of hydrogen-bond acceptors (Lipinski definition) is 3. The van der Waals surface area contributed by atoms with Gasteiger partial charge in [0.15, 0.2) is 11.5 Å². The second-order valence-corrected chi connectivity index (χ2v) is 7.62. The topological polar surface area (TPSA) is 55.7 Å². The molecule has 0 radical (unpaired) electrons. The Bertz CT molecular complexity index is 826. The van der Waals surface area contributed by atoms with Crippen molar-refractivity contribution in [1.29, 1.82) is 0 Å². The molecule has 1 saturated carbocycles. The minimum atomic E-state index is -0.146. The number of hydrogen-bond donors (Lipinski definition) is 1. The van der Waals surface area contributed by atoms with E-state index in [2.05, 4.69) is 22.1 Å². The lowest BCUT2D eigenvalue weighted by atomic mass is 9.95. The average molecular weight is 383 g/mol. The van der Waals surface area contributed by atoms with Crippen LogP contribution in [0.4, 0.5) is 4.79 Å². The normalized spacial score (nSPS) is 19.8. The molecule has 0 bridgehead atoms. The highest BCUT2D eigenvalue weighted by atomic mass is 16.5. The predicted molar refractivity (Wildman–Crippen MR) is 108 cm³/mol. The van der Waals surface area contributed by atoms with E-state index in [0.29, 0.717) is 24.1 Å². The molecule has 4 rings (SSSR count). The first-order valence-electron chi connectivity index (χ1n) is 10.2. The Morgan fingerprint density at radius 1 is 1.04 bits per heavy atom. The van der Waals surface area contributed by atoms with Crippen molar-refractivity contribution in [2.45, 2.75) is 50.7 Å². The third-order valence-electron chi connectivity index (χ3n) is 5.96. The molecule has 150 valence electrons. The number of urea groups is 1. The molecule has 1 atom stereocenters. The minimum absolute atomic E-state index is 0.0270. The molecular formula is C22H29N3O3. The number of rotatable bonds is 4. The minimum Gasteiger partial charge on any atom is -0.493 e. The third-order valence-corrected chi connectivity index (χ3v) is 5.96. The Kier molecular flexibility index (Phi) is 5.46. The second-order valence-electron chi connectivity index (χ2n) is 7.62. The predicted octanol–water partition coefficient (Wildman–Crippen LogP) is 3.95. The molecule has 2 heterocycles. The number of nitrogens with one attached hydrogen (secondary N) is 1. The van der Waals surface area contributed by atoms with E-state index in [1.807, 2.05) is 29.2 Å². The molecule has 2 amide bonds. The first-order chi connectivity index (χ1) is 13.7. The van der Waals surface area contributed by atoms with Crippen LogP contribution in [0.15, 0.2) is 36.5 Å². The summed E-state index contributed by atoms with van der Waals surface area (Å²) in [5.74, 6) is 1.37. The van der Waals surface area contributed by atoms with Gasteiger partial charge in [-0.1, -0.05) is 25.3 Å². The highest BCUT2D eigenvalue weighted by molar-refractivity contribution is 5.76. The van der Waals surface area contributed by atoms with Crippen molar-refractivity contribution in [2.24, 2.45) is 0 Å². The number of amides is 2. The van der Waals surface area contributed by atoms with Crippen LogP contribution in [0.2, 0.25) is 0 Å². The first kappa shape index (κ1) is 18.7. The van der Waals surface area contributed by atoms with E-state index >= 15 is 0 Å². The van der Waals surface area contributed by atoms with Gasteiger partial charge in [0.25, 0.3) is 0 Å². The number of carbonyl (C=O) groups excluding carboxylic acids is 1. The molecule has 2 aliphatic rings. The summed E-state index contributed by atoms with van der Waals surface area (Å²) in [5, 5.41) is 3.28. The molecule has 0 spiro atoms. The Hall–Kier alpha value is -2.63. The van der Waals surface area contributed by atoms with Gasteiger partial charge in [0.1, 0.15) is 0 Å². The molecule has 1 aromatic carbocycles. The molecule has 28 heavy (non-hydrogen) atoms. The monoisotopic (exact) mass is 383 g/mol. The number of methoxy groups -OCH3 is 2. The molecule has 6 heteroatoms. The summed E-state index contributed by atoms with van der Waals surface area (Å²) in [6.07, 6.45) is 7.92. The second kappa shape index (κ2) is 8.17. The van der Waals surface area contributed by atoms with E-state index in [-0.39, 0.29) is 12.1 Å². The summed E-state index contributed by atoms with van der Waals surface area (Å²) in [7, 11) is 3.27. The van der Waals surface area contributed by atoms with E-state index in [4.69, 9.17) is 9.47 Å². The Balaban J connectivity index is 1.65. The molecule has 2 aromatic rings. The standard InChI is InChI=1S/C22H29N3O3/c1-27-19-11-10-16(15-20(19)28-2)21-18-9-6-12-24(18)13-14-25(21)22(26)23-17-7-4-3-5-8-17/h6,9-12,15,17,21H,3-5,7-8,13-14H2,1-2H3,(H,23,26)/t21-/m1/s1. The van der Waals surface area contributed by atoms with Gasteiger partial charge in [-0.25, -0.2) is 4.79 Å². The van der Waals surface area contributed by atoms with Gasteiger partial charge in [-0.05, 0) is 42.7 Å². The maximum absolute atomic E-state index is 13.2. The van der Waals surface area contributed by atoms with Gasteiger partial charge in [-0.3, -0.25) is 0 Å². The van der Waals surface area contributed by atoms with Gasteiger partial charge in [-0.2, -0.15) is 0 Å². The van der Waals surface area contributed by atoms with Crippen molar-refractivity contribution in [2.75, 3.05) is 20.8 Å². The fourth-order valence-electron chi connectivity index (χ4n) is 4.48. The zero-order valence-corrected chi connectivity index (χ0v) is 16.7. The molecule has 0 saturated heterocycles. The fourth-order valence-corrected chi connectivity index (χ4v) is 4.48. The van der Waals surface area contributed by atoms with Gasteiger partial charge >= 0.3 is 6.03 Å². The molecule has 1 fully saturated rings. The van der Waals surface area contributed by atoms with Crippen LogP contribution in [0.5, 0.6) is 11.5 Å². The van der Waals surface area contributed by atoms with Crippen molar-refractivity contribution >= 4 is 6.03 Å². The highest BCUT2D eigenvalue weighted by Gasteiger charge is 2.33. The summed E-state index contributed by atoms with van der Waals surface area (Å²) >= 11 is 0. The number of nitrogens with zero attached hydrogens (tertiary/aromatic N) is 2. The fraction of sp³-hybridized carbons (Fsp3) is 0.500. The van der Waals surface area contributed by atoms with Crippen LogP contribution in [0.25, 0.3) is 0 Å². The maximum atomic E-state index is 13.2. The van der Waals surface area contributed by atoms with Gasteiger partial charge in [0.2, 0.25) is 0 Å². The first-order valence-corrected chi connectivity index (χ1v) is 10.2. The van der Waals surface area contributed by atoms with Crippen LogP contribution in [-0.4, -0.2) is 42.3 Å². The Labute approximate surface area is 166 Å². The Morgan fingerprint density at radius 3 is 2.57 bits per heavy atom. The van der Waals surface area contributed by atoms with Crippen molar-refractivity contribution in [1.82, 2.24) is 14.8 Å². The quantitative estimate of drug-likeness (QED) is 0.870. The summed E-state index contributed by atoms with van der Waals surface area (Å²) in [5.41, 5.74) is 2.15. The largest absolute Gasteiger partial charge is 0.493 e. The molecule has 0 unspecified atom stereocenters. The van der Waals surface area contributed by atoms with E-state index in [1.54, 1.807) is 14.2 Å². The molecule has 1 N–H and O–H groups in total. The van der Waals surface area contributed by atoms with E-state index in [0.717, 1.165) is 30.6 Å². The SMILES string of the molecule is COc1ccc([C@@H]2c3cccn3CCN2C(=O)NC2CCCCC2)cc1OC. The van der Waals surface area contributed by atoms with Crippen LogP contribution in [0.3, 0.4) is 0 Å². The zero-order valence-electron chi connectivity index (χ0n) is 16.7. The summed E-state index contributed by atoms with van der Waals surface area (Å²) < 4.78 is 13.1. The lowest BCUT2D eigenvalue weighted by Gasteiger charge is -2.38. The van der Waals surface area contributed by atoms with Gasteiger partial charge in [-0.15, -0.1) is 0 Å². The van der Waals surface area contributed by atoms with Crippen molar-refractivity contribution in [3.05, 3.63) is 47.8 Å². The number of carbonyl (C=O) groups is 1. The van der Waals surface area contributed by atoms with Crippen molar-refractivity contribution in [3.8, 4) is 11.5 Å².